The van der Waals surface area contributed by atoms with Crippen LogP contribution in [0.1, 0.15) is 22.8 Å². The predicted molar refractivity (Wildman–Crippen MR) is 78.6 cm³/mol. The second-order valence-electron chi connectivity index (χ2n) is 4.55. The molecule has 0 unspecified atom stereocenters. The molecule has 2 aromatic carbocycles. The van der Waals surface area contributed by atoms with Crippen molar-refractivity contribution in [2.75, 3.05) is 13.7 Å². The molecule has 0 aliphatic heterocycles. The first-order chi connectivity index (χ1) is 10.1. The van der Waals surface area contributed by atoms with Crippen molar-refractivity contribution < 1.29 is 18.7 Å². The zero-order valence-electron chi connectivity index (χ0n) is 12.1. The third-order valence-corrected chi connectivity index (χ3v) is 3.16. The normalized spacial score (nSPS) is 10.2. The molecule has 0 bridgehead atoms. The Kier molecular flexibility index (Phi) is 4.93. The smallest absolute Gasteiger partial charge is 0.204 e. The van der Waals surface area contributed by atoms with Gasteiger partial charge in [-0.25, -0.2) is 4.39 Å². The van der Waals surface area contributed by atoms with Gasteiger partial charge in [-0.2, -0.15) is 0 Å². The molecule has 3 nitrogen and oxygen atoms in total. The van der Waals surface area contributed by atoms with E-state index in [2.05, 4.69) is 6.92 Å². The van der Waals surface area contributed by atoms with E-state index >= 15 is 0 Å². The van der Waals surface area contributed by atoms with E-state index in [1.165, 1.54) is 24.8 Å². The summed E-state index contributed by atoms with van der Waals surface area (Å²) >= 11 is 0. The maximum absolute atomic E-state index is 13.2. The molecule has 0 amide bonds. The number of rotatable bonds is 6. The molecule has 4 heteroatoms. The minimum atomic E-state index is -0.480. The lowest BCUT2D eigenvalue weighted by atomic mass is 10.1. The van der Waals surface area contributed by atoms with Gasteiger partial charge in [0.1, 0.15) is 17.3 Å². The highest BCUT2D eigenvalue weighted by atomic mass is 19.1. The van der Waals surface area contributed by atoms with E-state index in [1.807, 2.05) is 24.3 Å². The summed E-state index contributed by atoms with van der Waals surface area (Å²) in [5.74, 6) is 0.139. The number of aryl methyl sites for hydroxylation is 1. The van der Waals surface area contributed by atoms with Crippen LogP contribution in [0.5, 0.6) is 11.5 Å². The molecule has 2 rings (SSSR count). The first kappa shape index (κ1) is 15.0. The molecule has 0 spiro atoms. The molecule has 0 saturated heterocycles. The number of benzene rings is 2. The van der Waals surface area contributed by atoms with Crippen LogP contribution in [0.2, 0.25) is 0 Å². The Morgan fingerprint density at radius 1 is 1.14 bits per heavy atom. The second-order valence-corrected chi connectivity index (χ2v) is 4.55. The van der Waals surface area contributed by atoms with Gasteiger partial charge >= 0.3 is 0 Å². The van der Waals surface area contributed by atoms with Crippen molar-refractivity contribution in [3.05, 3.63) is 59.4 Å². The summed E-state index contributed by atoms with van der Waals surface area (Å²) in [4.78, 5) is 12.1. The number of ketones is 1. The predicted octanol–water partition coefficient (Wildman–Crippen LogP) is 3.66. The highest BCUT2D eigenvalue weighted by Crippen LogP contribution is 2.20. The van der Waals surface area contributed by atoms with Crippen LogP contribution in [0.15, 0.2) is 42.5 Å². The van der Waals surface area contributed by atoms with Gasteiger partial charge < -0.3 is 9.47 Å². The molecular weight excluding hydrogens is 271 g/mol. The van der Waals surface area contributed by atoms with Crippen molar-refractivity contribution in [2.45, 2.75) is 13.3 Å². The third-order valence-electron chi connectivity index (χ3n) is 3.16. The van der Waals surface area contributed by atoms with Gasteiger partial charge in [-0.15, -0.1) is 0 Å². The Morgan fingerprint density at radius 3 is 2.48 bits per heavy atom. The maximum Gasteiger partial charge on any atom is 0.204 e. The first-order valence-corrected chi connectivity index (χ1v) is 6.72. The molecule has 0 aliphatic carbocycles. The van der Waals surface area contributed by atoms with Crippen LogP contribution in [0.25, 0.3) is 0 Å². The summed E-state index contributed by atoms with van der Waals surface area (Å²) < 4.78 is 23.7. The molecule has 0 aliphatic rings. The van der Waals surface area contributed by atoms with E-state index in [9.17, 15) is 9.18 Å². The number of hydrogen-bond donors (Lipinski definition) is 0. The minimum Gasteiger partial charge on any atom is -0.496 e. The van der Waals surface area contributed by atoms with Crippen molar-refractivity contribution in [3.63, 3.8) is 0 Å². The van der Waals surface area contributed by atoms with Gasteiger partial charge in [-0.3, -0.25) is 4.79 Å². The van der Waals surface area contributed by atoms with Crippen LogP contribution in [-0.4, -0.2) is 19.5 Å². The third kappa shape index (κ3) is 3.81. The van der Waals surface area contributed by atoms with E-state index in [0.29, 0.717) is 11.5 Å². The maximum atomic E-state index is 13.2. The summed E-state index contributed by atoms with van der Waals surface area (Å²) in [6.07, 6.45) is 0.944. The summed E-state index contributed by atoms with van der Waals surface area (Å²) in [7, 11) is 1.44. The Hall–Kier alpha value is -2.36. The lowest BCUT2D eigenvalue weighted by molar-refractivity contribution is 0.0918. The number of hydrogen-bond acceptors (Lipinski definition) is 3. The van der Waals surface area contributed by atoms with Crippen LogP contribution < -0.4 is 9.47 Å². The molecule has 0 N–H and O–H groups in total. The van der Waals surface area contributed by atoms with E-state index in [1.54, 1.807) is 0 Å². The molecule has 0 atom stereocenters. The second kappa shape index (κ2) is 6.88. The zero-order valence-corrected chi connectivity index (χ0v) is 12.1. The fourth-order valence-corrected chi connectivity index (χ4v) is 1.95. The lowest BCUT2D eigenvalue weighted by Gasteiger charge is -2.09. The van der Waals surface area contributed by atoms with Gasteiger partial charge in [-0.05, 0) is 42.3 Å². The average Bonchev–Trinajstić information content (AvgIpc) is 2.53. The van der Waals surface area contributed by atoms with Crippen LogP contribution in [0.3, 0.4) is 0 Å². The number of Topliss-reactive ketones (excluding diaryl/α,β-unsaturated/α-hetero) is 1. The minimum absolute atomic E-state index is 0.161. The van der Waals surface area contributed by atoms with E-state index < -0.39 is 5.82 Å². The summed E-state index contributed by atoms with van der Waals surface area (Å²) in [6, 6.07) is 11.4. The van der Waals surface area contributed by atoms with Crippen molar-refractivity contribution in [1.82, 2.24) is 0 Å². The standard InChI is InChI=1S/C17H17FO3/c1-3-12-4-7-14(8-5-12)21-11-16(19)15-10-13(18)6-9-17(15)20-2/h4-10H,3,11H2,1-2H3. The van der Waals surface area contributed by atoms with Crippen LogP contribution in [0, 0.1) is 5.82 Å². The highest BCUT2D eigenvalue weighted by molar-refractivity contribution is 5.99. The molecular formula is C17H17FO3. The van der Waals surface area contributed by atoms with E-state index in [-0.39, 0.29) is 18.0 Å². The highest BCUT2D eigenvalue weighted by Gasteiger charge is 2.14. The van der Waals surface area contributed by atoms with Gasteiger partial charge in [-0.1, -0.05) is 19.1 Å². The van der Waals surface area contributed by atoms with Gasteiger partial charge in [0.25, 0.3) is 0 Å². The SMILES string of the molecule is CCc1ccc(OCC(=O)c2cc(F)ccc2OC)cc1. The van der Waals surface area contributed by atoms with Gasteiger partial charge in [0, 0.05) is 0 Å². The molecule has 0 fully saturated rings. The zero-order chi connectivity index (χ0) is 15.2. The number of carbonyl (C=O) groups excluding carboxylic acids is 1. The van der Waals surface area contributed by atoms with Crippen molar-refractivity contribution in [2.24, 2.45) is 0 Å². The number of halogens is 1. The van der Waals surface area contributed by atoms with Crippen LogP contribution in [0.4, 0.5) is 4.39 Å². The molecule has 21 heavy (non-hydrogen) atoms. The summed E-state index contributed by atoms with van der Waals surface area (Å²) in [5.41, 5.74) is 1.38. The quantitative estimate of drug-likeness (QED) is 0.761. The van der Waals surface area contributed by atoms with Gasteiger partial charge in [0.15, 0.2) is 6.61 Å². The molecule has 0 saturated carbocycles. The van der Waals surface area contributed by atoms with Crippen molar-refractivity contribution >= 4 is 5.78 Å². The summed E-state index contributed by atoms with van der Waals surface area (Å²) in [5, 5.41) is 0. The fraction of sp³-hybridized carbons (Fsp3) is 0.235. The molecule has 2 aromatic rings. The topological polar surface area (TPSA) is 35.5 Å². The largest absolute Gasteiger partial charge is 0.496 e. The average molecular weight is 288 g/mol. The number of carbonyl (C=O) groups is 1. The monoisotopic (exact) mass is 288 g/mol. The van der Waals surface area contributed by atoms with Crippen molar-refractivity contribution in [3.8, 4) is 11.5 Å². The van der Waals surface area contributed by atoms with Crippen LogP contribution in [-0.2, 0) is 6.42 Å². The molecule has 110 valence electrons. The van der Waals surface area contributed by atoms with E-state index in [0.717, 1.165) is 12.5 Å². The molecule has 0 radical (unpaired) electrons. The number of methoxy groups -OCH3 is 1. The summed E-state index contributed by atoms with van der Waals surface area (Å²) in [6.45, 7) is 1.90. The van der Waals surface area contributed by atoms with Crippen molar-refractivity contribution in [1.29, 1.82) is 0 Å². The Morgan fingerprint density at radius 2 is 1.86 bits per heavy atom. The Balaban J connectivity index is 2.05. The lowest BCUT2D eigenvalue weighted by Crippen LogP contribution is -2.13. The van der Waals surface area contributed by atoms with Gasteiger partial charge in [0.2, 0.25) is 5.78 Å². The number of ether oxygens (including phenoxy) is 2. The molecule has 0 heterocycles. The van der Waals surface area contributed by atoms with Crippen LogP contribution >= 0.6 is 0 Å². The van der Waals surface area contributed by atoms with E-state index in [4.69, 9.17) is 9.47 Å². The first-order valence-electron chi connectivity index (χ1n) is 6.72. The Labute approximate surface area is 123 Å². The Bertz CT molecular complexity index is 620. The fourth-order valence-electron chi connectivity index (χ4n) is 1.95. The molecule has 0 aromatic heterocycles. The van der Waals surface area contributed by atoms with Gasteiger partial charge in [0.05, 0.1) is 12.7 Å².